The SMILES string of the molecule is CC(C)(OCc1cccc(C=CCCn2cnc3cnccc32)c1)C(=O)O. The lowest BCUT2D eigenvalue weighted by atomic mass is 10.1. The van der Waals surface area contributed by atoms with Gasteiger partial charge in [-0.3, -0.25) is 4.98 Å². The number of hydrogen-bond donors (Lipinski definition) is 1. The van der Waals surface area contributed by atoms with Crippen LogP contribution < -0.4 is 0 Å². The van der Waals surface area contributed by atoms with Crippen LogP contribution in [0.15, 0.2) is 55.1 Å². The fourth-order valence-corrected chi connectivity index (χ4v) is 2.64. The first-order valence-electron chi connectivity index (χ1n) is 8.83. The molecule has 1 N–H and O–H groups in total. The third-order valence-corrected chi connectivity index (χ3v) is 4.34. The van der Waals surface area contributed by atoms with Gasteiger partial charge in [0.1, 0.15) is 5.52 Å². The molecule has 27 heavy (non-hydrogen) atoms. The number of allylic oxidation sites excluding steroid dienone is 1. The maximum atomic E-state index is 11.1. The smallest absolute Gasteiger partial charge is 0.335 e. The van der Waals surface area contributed by atoms with Crippen LogP contribution in [0, 0.1) is 0 Å². The van der Waals surface area contributed by atoms with Crippen LogP contribution in [-0.4, -0.2) is 31.2 Å². The molecule has 6 heteroatoms. The normalized spacial score (nSPS) is 12.1. The van der Waals surface area contributed by atoms with Gasteiger partial charge in [0.05, 0.1) is 24.6 Å². The Morgan fingerprint density at radius 2 is 2.19 bits per heavy atom. The Labute approximate surface area is 158 Å². The molecule has 0 aliphatic heterocycles. The topological polar surface area (TPSA) is 77.2 Å². The monoisotopic (exact) mass is 365 g/mol. The number of aryl methyl sites for hydroxylation is 1. The molecule has 0 atom stereocenters. The van der Waals surface area contributed by atoms with E-state index < -0.39 is 11.6 Å². The summed E-state index contributed by atoms with van der Waals surface area (Å²) in [5, 5.41) is 9.12. The molecule has 0 bridgehead atoms. The summed E-state index contributed by atoms with van der Waals surface area (Å²) in [4.78, 5) is 19.5. The van der Waals surface area contributed by atoms with Crippen molar-refractivity contribution < 1.29 is 14.6 Å². The van der Waals surface area contributed by atoms with Crippen molar-refractivity contribution in [1.29, 1.82) is 0 Å². The molecular weight excluding hydrogens is 342 g/mol. The first-order chi connectivity index (χ1) is 13.0. The van der Waals surface area contributed by atoms with E-state index in [0.717, 1.165) is 35.1 Å². The Kier molecular flexibility index (Phi) is 5.66. The molecule has 0 fully saturated rings. The number of benzene rings is 1. The molecule has 140 valence electrons. The zero-order chi connectivity index (χ0) is 19.3. The van der Waals surface area contributed by atoms with Crippen LogP contribution in [0.4, 0.5) is 0 Å². The maximum absolute atomic E-state index is 11.1. The van der Waals surface area contributed by atoms with Gasteiger partial charge in [-0.25, -0.2) is 9.78 Å². The third-order valence-electron chi connectivity index (χ3n) is 4.34. The van der Waals surface area contributed by atoms with Gasteiger partial charge < -0.3 is 14.4 Å². The molecule has 0 saturated carbocycles. The van der Waals surface area contributed by atoms with E-state index in [0.29, 0.717) is 0 Å². The summed E-state index contributed by atoms with van der Waals surface area (Å²) in [6.07, 6.45) is 10.4. The molecule has 0 aliphatic carbocycles. The number of rotatable bonds is 8. The van der Waals surface area contributed by atoms with Gasteiger partial charge in [0.2, 0.25) is 0 Å². The molecule has 0 aliphatic rings. The number of pyridine rings is 1. The number of hydrogen-bond acceptors (Lipinski definition) is 4. The summed E-state index contributed by atoms with van der Waals surface area (Å²) >= 11 is 0. The number of fused-ring (bicyclic) bond motifs is 1. The number of aromatic nitrogens is 3. The summed E-state index contributed by atoms with van der Waals surface area (Å²) < 4.78 is 7.62. The minimum Gasteiger partial charge on any atom is -0.479 e. The Bertz CT molecular complexity index is 960. The van der Waals surface area contributed by atoms with E-state index >= 15 is 0 Å². The molecule has 2 aromatic heterocycles. The van der Waals surface area contributed by atoms with E-state index in [4.69, 9.17) is 9.84 Å². The van der Waals surface area contributed by atoms with Crippen LogP contribution >= 0.6 is 0 Å². The number of carboxylic acids is 1. The average molecular weight is 365 g/mol. The minimum absolute atomic E-state index is 0.260. The summed E-state index contributed by atoms with van der Waals surface area (Å²) in [6.45, 7) is 4.20. The highest BCUT2D eigenvalue weighted by Gasteiger charge is 2.27. The molecule has 0 amide bonds. The standard InChI is InChI=1S/C21H23N3O3/c1-21(2,20(25)26)27-14-17-8-5-7-16(12-17)6-3-4-11-24-15-23-18-13-22-10-9-19(18)24/h3,5-10,12-13,15H,4,11,14H2,1-2H3,(H,25,26). The van der Waals surface area contributed by atoms with Gasteiger partial charge in [0, 0.05) is 12.7 Å². The van der Waals surface area contributed by atoms with E-state index in [2.05, 4.69) is 26.7 Å². The Morgan fingerprint density at radius 3 is 3.00 bits per heavy atom. The van der Waals surface area contributed by atoms with E-state index in [1.165, 1.54) is 0 Å². The van der Waals surface area contributed by atoms with Crippen molar-refractivity contribution in [2.75, 3.05) is 0 Å². The maximum Gasteiger partial charge on any atom is 0.335 e. The molecule has 2 heterocycles. The van der Waals surface area contributed by atoms with Crippen molar-refractivity contribution in [1.82, 2.24) is 14.5 Å². The quantitative estimate of drug-likeness (QED) is 0.655. The molecule has 6 nitrogen and oxygen atoms in total. The van der Waals surface area contributed by atoms with E-state index in [-0.39, 0.29) is 6.61 Å². The molecule has 1 aromatic carbocycles. The lowest BCUT2D eigenvalue weighted by Gasteiger charge is -2.20. The van der Waals surface area contributed by atoms with Crippen LogP contribution in [-0.2, 0) is 22.7 Å². The highest BCUT2D eigenvalue weighted by molar-refractivity contribution is 5.76. The van der Waals surface area contributed by atoms with Gasteiger partial charge in [-0.1, -0.05) is 30.4 Å². The van der Waals surface area contributed by atoms with Gasteiger partial charge in [-0.05, 0) is 43.5 Å². The number of carboxylic acid groups (broad SMARTS) is 1. The second-order valence-electron chi connectivity index (χ2n) is 6.84. The van der Waals surface area contributed by atoms with Crippen LogP contribution in [0.2, 0.25) is 0 Å². The average Bonchev–Trinajstić information content (AvgIpc) is 3.07. The Balaban J connectivity index is 1.57. The molecule has 3 aromatic rings. The molecule has 3 rings (SSSR count). The lowest BCUT2D eigenvalue weighted by Crippen LogP contribution is -2.34. The Hall–Kier alpha value is -2.99. The fourth-order valence-electron chi connectivity index (χ4n) is 2.64. The molecule has 0 saturated heterocycles. The second-order valence-corrected chi connectivity index (χ2v) is 6.84. The summed E-state index contributed by atoms with van der Waals surface area (Å²) in [5.74, 6) is -0.971. The number of aliphatic carboxylic acids is 1. The number of ether oxygens (including phenoxy) is 1. The van der Waals surface area contributed by atoms with Crippen molar-refractivity contribution in [2.24, 2.45) is 0 Å². The third kappa shape index (κ3) is 4.80. The van der Waals surface area contributed by atoms with Crippen LogP contribution in [0.25, 0.3) is 17.1 Å². The van der Waals surface area contributed by atoms with Gasteiger partial charge in [0.25, 0.3) is 0 Å². The minimum atomic E-state index is -1.20. The molecule has 0 spiro atoms. The van der Waals surface area contributed by atoms with Crippen LogP contribution in [0.3, 0.4) is 0 Å². The molecule has 0 unspecified atom stereocenters. The van der Waals surface area contributed by atoms with Gasteiger partial charge in [-0.2, -0.15) is 0 Å². The van der Waals surface area contributed by atoms with E-state index in [9.17, 15) is 4.79 Å². The zero-order valence-electron chi connectivity index (χ0n) is 15.5. The lowest BCUT2D eigenvalue weighted by molar-refractivity contribution is -0.162. The number of carbonyl (C=O) groups is 1. The number of imidazole rings is 1. The van der Waals surface area contributed by atoms with Gasteiger partial charge >= 0.3 is 5.97 Å². The van der Waals surface area contributed by atoms with Crippen molar-refractivity contribution >= 4 is 23.1 Å². The van der Waals surface area contributed by atoms with Crippen molar-refractivity contribution in [2.45, 2.75) is 39.0 Å². The van der Waals surface area contributed by atoms with Crippen molar-refractivity contribution in [3.63, 3.8) is 0 Å². The van der Waals surface area contributed by atoms with Crippen LogP contribution in [0.1, 0.15) is 31.4 Å². The van der Waals surface area contributed by atoms with Gasteiger partial charge in [-0.15, -0.1) is 0 Å². The largest absolute Gasteiger partial charge is 0.479 e. The summed E-state index contributed by atoms with van der Waals surface area (Å²) in [7, 11) is 0. The van der Waals surface area contributed by atoms with E-state index in [1.807, 2.05) is 36.7 Å². The summed E-state index contributed by atoms with van der Waals surface area (Å²) in [6, 6.07) is 9.87. The molecular formula is C21H23N3O3. The van der Waals surface area contributed by atoms with Crippen molar-refractivity contribution in [3.05, 3.63) is 66.3 Å². The van der Waals surface area contributed by atoms with E-state index in [1.54, 1.807) is 26.2 Å². The van der Waals surface area contributed by atoms with Gasteiger partial charge in [0.15, 0.2) is 5.60 Å². The zero-order valence-corrected chi connectivity index (χ0v) is 15.5. The Morgan fingerprint density at radius 1 is 1.33 bits per heavy atom. The van der Waals surface area contributed by atoms with Crippen LogP contribution in [0.5, 0.6) is 0 Å². The fraction of sp³-hybridized carbons (Fsp3) is 0.286. The molecule has 0 radical (unpaired) electrons. The first-order valence-corrected chi connectivity index (χ1v) is 8.83. The number of nitrogens with zero attached hydrogens (tertiary/aromatic N) is 3. The highest BCUT2D eigenvalue weighted by Crippen LogP contribution is 2.15. The predicted octanol–water partition coefficient (Wildman–Crippen LogP) is 3.91. The summed E-state index contributed by atoms with van der Waals surface area (Å²) in [5.41, 5.74) is 2.79. The van der Waals surface area contributed by atoms with Crippen molar-refractivity contribution in [3.8, 4) is 0 Å². The first kappa shape index (κ1) is 18.8. The second kappa shape index (κ2) is 8.14. The predicted molar refractivity (Wildman–Crippen MR) is 104 cm³/mol. The highest BCUT2D eigenvalue weighted by atomic mass is 16.5.